The molecule has 0 bridgehead atoms. The average Bonchev–Trinajstić information content (AvgIpc) is 2.03. The van der Waals surface area contributed by atoms with E-state index in [1.165, 1.54) is 21.1 Å². The summed E-state index contributed by atoms with van der Waals surface area (Å²) < 4.78 is 1.17. The largest absolute Gasteiger partial charge is 0.312 e. The Kier molecular flexibility index (Phi) is 4.73. The first-order chi connectivity index (χ1) is 6.22. The molecule has 0 aromatic heterocycles. The topological polar surface area (TPSA) is 12.0 Å². The number of rotatable bonds is 4. The molecule has 0 spiro atoms. The van der Waals surface area contributed by atoms with Gasteiger partial charge in [-0.3, -0.25) is 0 Å². The Hall–Kier alpha value is -0.0900. The van der Waals surface area contributed by atoms with Gasteiger partial charge in [0.2, 0.25) is 0 Å². The lowest BCUT2D eigenvalue weighted by atomic mass is 10.1. The summed E-state index contributed by atoms with van der Waals surface area (Å²) in [4.78, 5) is 0. The van der Waals surface area contributed by atoms with E-state index in [2.05, 4.69) is 60.0 Å². The van der Waals surface area contributed by atoms with E-state index in [0.717, 1.165) is 13.1 Å². The average molecular weight is 289 g/mol. The minimum atomic E-state index is 0.992. The fourth-order valence-corrected chi connectivity index (χ4v) is 1.85. The van der Waals surface area contributed by atoms with Crippen molar-refractivity contribution in [2.75, 3.05) is 11.0 Å². The van der Waals surface area contributed by atoms with Gasteiger partial charge in [0.05, 0.1) is 0 Å². The van der Waals surface area contributed by atoms with Gasteiger partial charge < -0.3 is 5.32 Å². The van der Waals surface area contributed by atoms with E-state index in [4.69, 9.17) is 0 Å². The molecule has 13 heavy (non-hydrogen) atoms. The number of benzene rings is 1. The van der Waals surface area contributed by atoms with Crippen LogP contribution in [0.4, 0.5) is 0 Å². The van der Waals surface area contributed by atoms with Crippen molar-refractivity contribution in [2.24, 2.45) is 0 Å². The van der Waals surface area contributed by atoms with Crippen LogP contribution in [0.3, 0.4) is 0 Å². The van der Waals surface area contributed by atoms with Crippen molar-refractivity contribution < 1.29 is 0 Å². The van der Waals surface area contributed by atoms with Crippen molar-refractivity contribution in [2.45, 2.75) is 20.4 Å². The van der Waals surface area contributed by atoms with Gasteiger partial charge in [0, 0.05) is 17.5 Å². The smallest absolute Gasteiger partial charge is 0.0205 e. The highest BCUT2D eigenvalue weighted by molar-refractivity contribution is 14.1. The van der Waals surface area contributed by atoms with Gasteiger partial charge in [0.1, 0.15) is 0 Å². The monoisotopic (exact) mass is 289 g/mol. The van der Waals surface area contributed by atoms with Gasteiger partial charge in [-0.1, -0.05) is 51.9 Å². The zero-order valence-electron chi connectivity index (χ0n) is 8.23. The number of alkyl halides is 1. The van der Waals surface area contributed by atoms with Gasteiger partial charge in [-0.15, -0.1) is 0 Å². The molecule has 1 aromatic carbocycles. The first-order valence-corrected chi connectivity index (χ1v) is 6.09. The van der Waals surface area contributed by atoms with Gasteiger partial charge >= 0.3 is 0 Å². The van der Waals surface area contributed by atoms with Crippen molar-refractivity contribution in [1.82, 2.24) is 5.32 Å². The molecule has 0 aliphatic heterocycles. The van der Waals surface area contributed by atoms with E-state index in [0.29, 0.717) is 0 Å². The number of hydrogen-bond acceptors (Lipinski definition) is 1. The zero-order valence-corrected chi connectivity index (χ0v) is 10.4. The third-order valence-electron chi connectivity index (χ3n) is 1.88. The molecule has 0 unspecified atom stereocenters. The van der Waals surface area contributed by atoms with Crippen LogP contribution < -0.4 is 5.32 Å². The number of aryl methyl sites for hydroxylation is 2. The molecule has 1 N–H and O–H groups in total. The number of halogens is 1. The van der Waals surface area contributed by atoms with Crippen molar-refractivity contribution in [3.05, 3.63) is 34.9 Å². The maximum atomic E-state index is 3.40. The molecule has 0 amide bonds. The summed E-state index contributed by atoms with van der Waals surface area (Å²) in [6.07, 6.45) is 0. The fourth-order valence-electron chi connectivity index (χ4n) is 1.47. The third kappa shape index (κ3) is 4.09. The van der Waals surface area contributed by atoms with Crippen molar-refractivity contribution in [1.29, 1.82) is 0 Å². The van der Waals surface area contributed by atoms with Crippen molar-refractivity contribution in [3.8, 4) is 0 Å². The lowest BCUT2D eigenvalue weighted by Crippen LogP contribution is -2.15. The van der Waals surface area contributed by atoms with Crippen molar-refractivity contribution >= 4 is 22.6 Å². The molecule has 0 saturated heterocycles. The van der Waals surface area contributed by atoms with Crippen LogP contribution in [0, 0.1) is 13.8 Å². The molecule has 1 rings (SSSR count). The Morgan fingerprint density at radius 2 is 1.77 bits per heavy atom. The molecule has 1 nitrogen and oxygen atoms in total. The van der Waals surface area contributed by atoms with E-state index < -0.39 is 0 Å². The Bertz CT molecular complexity index is 251. The first-order valence-electron chi connectivity index (χ1n) is 4.56. The molecule has 0 aliphatic rings. The molecule has 0 radical (unpaired) electrons. The summed E-state index contributed by atoms with van der Waals surface area (Å²) in [5.41, 5.74) is 4.10. The van der Waals surface area contributed by atoms with Gasteiger partial charge in [0.15, 0.2) is 0 Å². The second-order valence-electron chi connectivity index (χ2n) is 3.36. The van der Waals surface area contributed by atoms with Crippen LogP contribution >= 0.6 is 22.6 Å². The van der Waals surface area contributed by atoms with E-state index in [1.807, 2.05) is 0 Å². The molecular weight excluding hydrogens is 273 g/mol. The Balaban J connectivity index is 2.56. The van der Waals surface area contributed by atoms with Gasteiger partial charge in [-0.2, -0.15) is 0 Å². The van der Waals surface area contributed by atoms with E-state index in [-0.39, 0.29) is 0 Å². The first kappa shape index (κ1) is 11.0. The lowest BCUT2D eigenvalue weighted by Gasteiger charge is -2.05. The van der Waals surface area contributed by atoms with Gasteiger partial charge in [0.25, 0.3) is 0 Å². The molecule has 1 aromatic rings. The van der Waals surface area contributed by atoms with E-state index in [9.17, 15) is 0 Å². The molecule has 0 fully saturated rings. The third-order valence-corrected chi connectivity index (χ3v) is 2.42. The molecule has 0 saturated carbocycles. The highest BCUT2D eigenvalue weighted by atomic mass is 127. The Labute approximate surface area is 94.1 Å². The highest BCUT2D eigenvalue weighted by Gasteiger charge is 1.94. The van der Waals surface area contributed by atoms with Crippen LogP contribution in [-0.4, -0.2) is 11.0 Å². The highest BCUT2D eigenvalue weighted by Crippen LogP contribution is 2.08. The molecular formula is C11H16IN. The van der Waals surface area contributed by atoms with Crippen LogP contribution in [0.25, 0.3) is 0 Å². The second-order valence-corrected chi connectivity index (χ2v) is 4.44. The predicted molar refractivity (Wildman–Crippen MR) is 66.5 cm³/mol. The zero-order chi connectivity index (χ0) is 9.68. The Morgan fingerprint density at radius 1 is 1.15 bits per heavy atom. The molecule has 2 heteroatoms. The van der Waals surface area contributed by atoms with Crippen LogP contribution in [0.1, 0.15) is 16.7 Å². The predicted octanol–water partition coefficient (Wildman–Crippen LogP) is 2.83. The second kappa shape index (κ2) is 5.60. The summed E-state index contributed by atoms with van der Waals surface area (Å²) in [6, 6.07) is 6.70. The summed E-state index contributed by atoms with van der Waals surface area (Å²) >= 11 is 2.38. The van der Waals surface area contributed by atoms with Crippen LogP contribution in [0.5, 0.6) is 0 Å². The summed E-state index contributed by atoms with van der Waals surface area (Å²) in [6.45, 7) is 6.38. The quantitative estimate of drug-likeness (QED) is 0.510. The number of hydrogen-bond donors (Lipinski definition) is 1. The minimum absolute atomic E-state index is 0.992. The molecule has 0 heterocycles. The summed E-state index contributed by atoms with van der Waals surface area (Å²) in [5, 5.41) is 3.40. The molecule has 72 valence electrons. The van der Waals surface area contributed by atoms with Crippen molar-refractivity contribution in [3.63, 3.8) is 0 Å². The van der Waals surface area contributed by atoms with Crippen LogP contribution in [0.2, 0.25) is 0 Å². The SMILES string of the molecule is Cc1cc(C)cc(CNCCI)c1. The molecule has 0 atom stereocenters. The lowest BCUT2D eigenvalue weighted by molar-refractivity contribution is 0.735. The normalized spacial score (nSPS) is 10.4. The summed E-state index contributed by atoms with van der Waals surface area (Å²) in [7, 11) is 0. The minimum Gasteiger partial charge on any atom is -0.312 e. The summed E-state index contributed by atoms with van der Waals surface area (Å²) in [5.74, 6) is 0. The number of nitrogens with one attached hydrogen (secondary N) is 1. The standard InChI is InChI=1S/C11H16IN/c1-9-5-10(2)7-11(6-9)8-13-4-3-12/h5-7,13H,3-4,8H2,1-2H3. The van der Waals surface area contributed by atoms with Gasteiger partial charge in [-0.05, 0) is 19.4 Å². The maximum Gasteiger partial charge on any atom is 0.0205 e. The van der Waals surface area contributed by atoms with Crippen LogP contribution in [0.15, 0.2) is 18.2 Å². The van der Waals surface area contributed by atoms with E-state index in [1.54, 1.807) is 0 Å². The Morgan fingerprint density at radius 3 is 2.31 bits per heavy atom. The maximum absolute atomic E-state index is 3.40. The van der Waals surface area contributed by atoms with E-state index >= 15 is 0 Å². The fraction of sp³-hybridized carbons (Fsp3) is 0.455. The van der Waals surface area contributed by atoms with Gasteiger partial charge in [-0.25, -0.2) is 0 Å². The molecule has 0 aliphatic carbocycles. The van der Waals surface area contributed by atoms with Crippen LogP contribution in [-0.2, 0) is 6.54 Å².